The largest absolute Gasteiger partial charge is 0.311 e. The maximum atomic E-state index is 12.9. The zero-order valence-electron chi connectivity index (χ0n) is 14.2. The predicted octanol–water partition coefficient (Wildman–Crippen LogP) is 3.63. The van der Waals surface area contributed by atoms with Crippen molar-refractivity contribution in [2.24, 2.45) is 0 Å². The summed E-state index contributed by atoms with van der Waals surface area (Å²) in [6.07, 6.45) is 3.21. The summed E-state index contributed by atoms with van der Waals surface area (Å²) < 4.78 is 1.88. The molecule has 2 heterocycles. The number of benzene rings is 1. The summed E-state index contributed by atoms with van der Waals surface area (Å²) in [5.74, 6) is -0.142. The molecule has 0 bridgehead atoms. The van der Waals surface area contributed by atoms with E-state index in [9.17, 15) is 4.79 Å². The highest BCUT2D eigenvalue weighted by atomic mass is 16.2. The molecule has 1 aromatic carbocycles. The molecule has 2 aromatic rings. The molecule has 24 heavy (non-hydrogen) atoms. The molecule has 1 aromatic heterocycles. The van der Waals surface area contributed by atoms with E-state index in [0.717, 1.165) is 16.9 Å². The fourth-order valence-electron chi connectivity index (χ4n) is 2.99. The number of fused-ring (bicyclic) bond motifs is 3. The van der Waals surface area contributed by atoms with Crippen molar-refractivity contribution >= 4 is 17.2 Å². The van der Waals surface area contributed by atoms with Crippen LogP contribution in [0.4, 0.5) is 5.69 Å². The number of allylic oxidation sites excluding steroid dienone is 2. The van der Waals surface area contributed by atoms with E-state index in [2.05, 4.69) is 37.3 Å². The Morgan fingerprint density at radius 1 is 1.12 bits per heavy atom. The third kappa shape index (κ3) is 2.21. The Morgan fingerprint density at radius 2 is 1.79 bits per heavy atom. The van der Waals surface area contributed by atoms with Gasteiger partial charge in [-0.1, -0.05) is 48.7 Å². The summed E-state index contributed by atoms with van der Waals surface area (Å²) in [6.45, 7) is 11.8. The Kier molecular flexibility index (Phi) is 3.93. The molecule has 0 radical (unpaired) electrons. The number of aromatic nitrogens is 3. The van der Waals surface area contributed by atoms with Crippen LogP contribution in [0.5, 0.6) is 0 Å². The van der Waals surface area contributed by atoms with Gasteiger partial charge in [0.15, 0.2) is 0 Å². The summed E-state index contributed by atoms with van der Waals surface area (Å²) in [5.41, 5.74) is 4.40. The fourth-order valence-corrected chi connectivity index (χ4v) is 2.99. The minimum Gasteiger partial charge on any atom is -0.311 e. The van der Waals surface area contributed by atoms with Crippen LogP contribution < -0.4 is 4.90 Å². The van der Waals surface area contributed by atoms with E-state index in [4.69, 9.17) is 0 Å². The Hall–Kier alpha value is -2.95. The molecule has 1 aliphatic heterocycles. The first kappa shape index (κ1) is 15.9. The van der Waals surface area contributed by atoms with Crippen LogP contribution >= 0.6 is 0 Å². The maximum Gasteiger partial charge on any atom is 0.258 e. The molecule has 3 rings (SSSR count). The van der Waals surface area contributed by atoms with Crippen LogP contribution in [0.3, 0.4) is 0 Å². The molecule has 0 saturated carbocycles. The molecule has 1 aliphatic rings. The Morgan fingerprint density at radius 3 is 2.42 bits per heavy atom. The average Bonchev–Trinajstić information content (AvgIpc) is 3.02. The SMILES string of the molecule is C=C/C1=C(\C=C)c2nnn(C(C)C)c2-c2ccccc2N(C)C1=O. The van der Waals surface area contributed by atoms with E-state index in [1.807, 2.05) is 28.9 Å². The van der Waals surface area contributed by atoms with E-state index < -0.39 is 0 Å². The van der Waals surface area contributed by atoms with Gasteiger partial charge in [-0.05, 0) is 19.9 Å². The molecule has 1 amide bonds. The first-order chi connectivity index (χ1) is 11.5. The predicted molar refractivity (Wildman–Crippen MR) is 96.6 cm³/mol. The summed E-state index contributed by atoms with van der Waals surface area (Å²) in [7, 11) is 1.76. The molecule has 0 aliphatic carbocycles. The highest BCUT2D eigenvalue weighted by Gasteiger charge is 2.29. The van der Waals surface area contributed by atoms with Gasteiger partial charge < -0.3 is 4.90 Å². The van der Waals surface area contributed by atoms with Crippen LogP contribution in [-0.2, 0) is 4.79 Å². The quantitative estimate of drug-likeness (QED) is 0.868. The van der Waals surface area contributed by atoms with E-state index >= 15 is 0 Å². The van der Waals surface area contributed by atoms with Gasteiger partial charge in [0.25, 0.3) is 5.91 Å². The normalized spacial score (nSPS) is 17.2. The molecule has 0 spiro atoms. The van der Waals surface area contributed by atoms with Crippen LogP contribution in [-0.4, -0.2) is 27.9 Å². The number of likely N-dealkylation sites (N-methyl/N-ethyl adjacent to an activating group) is 1. The third-order valence-electron chi connectivity index (χ3n) is 4.19. The fraction of sp³-hybridized carbons (Fsp3) is 0.211. The zero-order chi connectivity index (χ0) is 17.4. The molecule has 5 heteroatoms. The van der Waals surface area contributed by atoms with Gasteiger partial charge in [-0.15, -0.1) is 5.10 Å². The number of hydrogen-bond acceptors (Lipinski definition) is 3. The van der Waals surface area contributed by atoms with Gasteiger partial charge >= 0.3 is 0 Å². The second-order valence-electron chi connectivity index (χ2n) is 5.94. The summed E-state index contributed by atoms with van der Waals surface area (Å²) in [6, 6.07) is 7.91. The zero-order valence-corrected chi connectivity index (χ0v) is 14.2. The number of hydrogen-bond donors (Lipinski definition) is 0. The molecular formula is C19H20N4O. The number of amides is 1. The van der Waals surface area contributed by atoms with Gasteiger partial charge in [0.1, 0.15) is 5.69 Å². The summed E-state index contributed by atoms with van der Waals surface area (Å²) in [4.78, 5) is 14.5. The van der Waals surface area contributed by atoms with Gasteiger partial charge in [0.2, 0.25) is 0 Å². The van der Waals surface area contributed by atoms with E-state index in [1.165, 1.54) is 0 Å². The standard InChI is InChI=1S/C19H20N4O/c1-6-13-14(7-2)19(24)22(5)16-11-9-8-10-15(16)18-17(13)20-21-23(18)12(3)4/h6-12H,1-2H2,3-5H3/b14-13-. The molecule has 0 atom stereocenters. The second-order valence-corrected chi connectivity index (χ2v) is 5.94. The van der Waals surface area contributed by atoms with Crippen molar-refractivity contribution in [1.82, 2.24) is 15.0 Å². The van der Waals surface area contributed by atoms with Crippen LogP contribution in [0.25, 0.3) is 16.8 Å². The topological polar surface area (TPSA) is 51.0 Å². The molecule has 122 valence electrons. The number of para-hydroxylation sites is 1. The van der Waals surface area contributed by atoms with Gasteiger partial charge in [-0.25, -0.2) is 4.68 Å². The Bertz CT molecular complexity index is 873. The molecule has 0 N–H and O–H groups in total. The maximum absolute atomic E-state index is 12.9. The third-order valence-corrected chi connectivity index (χ3v) is 4.19. The van der Waals surface area contributed by atoms with Gasteiger partial charge in [-0.2, -0.15) is 0 Å². The molecule has 0 unspecified atom stereocenters. The number of carbonyl (C=O) groups is 1. The highest BCUT2D eigenvalue weighted by Crippen LogP contribution is 2.39. The Labute approximate surface area is 141 Å². The smallest absolute Gasteiger partial charge is 0.258 e. The summed E-state index contributed by atoms with van der Waals surface area (Å²) >= 11 is 0. The van der Waals surface area contributed by atoms with E-state index in [-0.39, 0.29) is 11.9 Å². The van der Waals surface area contributed by atoms with Crippen LogP contribution in [0, 0.1) is 0 Å². The number of rotatable bonds is 3. The average molecular weight is 320 g/mol. The van der Waals surface area contributed by atoms with Crippen molar-refractivity contribution in [3.05, 3.63) is 60.8 Å². The number of nitrogens with zero attached hydrogens (tertiary/aromatic N) is 4. The van der Waals surface area contributed by atoms with Crippen molar-refractivity contribution in [3.63, 3.8) is 0 Å². The second kappa shape index (κ2) is 5.92. The lowest BCUT2D eigenvalue weighted by Crippen LogP contribution is -2.29. The van der Waals surface area contributed by atoms with Gasteiger partial charge in [-0.3, -0.25) is 4.79 Å². The first-order valence-electron chi connectivity index (χ1n) is 7.83. The minimum absolute atomic E-state index is 0.132. The first-order valence-corrected chi connectivity index (χ1v) is 7.83. The molecule has 5 nitrogen and oxygen atoms in total. The van der Waals surface area contributed by atoms with E-state index in [1.54, 1.807) is 24.1 Å². The number of carbonyl (C=O) groups excluding carboxylic acids is 1. The lowest BCUT2D eigenvalue weighted by Gasteiger charge is -2.25. The van der Waals surface area contributed by atoms with Gasteiger partial charge in [0.05, 0.1) is 11.4 Å². The van der Waals surface area contributed by atoms with Crippen LogP contribution in [0.2, 0.25) is 0 Å². The van der Waals surface area contributed by atoms with Crippen LogP contribution in [0.15, 0.2) is 55.1 Å². The lowest BCUT2D eigenvalue weighted by molar-refractivity contribution is -0.114. The van der Waals surface area contributed by atoms with Crippen molar-refractivity contribution in [1.29, 1.82) is 0 Å². The van der Waals surface area contributed by atoms with Gasteiger partial charge in [0, 0.05) is 29.8 Å². The van der Waals surface area contributed by atoms with Crippen molar-refractivity contribution < 1.29 is 4.79 Å². The molecule has 0 saturated heterocycles. The van der Waals surface area contributed by atoms with Crippen molar-refractivity contribution in [3.8, 4) is 11.3 Å². The minimum atomic E-state index is -0.142. The monoisotopic (exact) mass is 320 g/mol. The van der Waals surface area contributed by atoms with Crippen molar-refractivity contribution in [2.75, 3.05) is 11.9 Å². The highest BCUT2D eigenvalue weighted by molar-refractivity contribution is 6.16. The van der Waals surface area contributed by atoms with E-state index in [0.29, 0.717) is 16.8 Å². The lowest BCUT2D eigenvalue weighted by atomic mass is 9.95. The van der Waals surface area contributed by atoms with Crippen molar-refractivity contribution in [2.45, 2.75) is 19.9 Å². The van der Waals surface area contributed by atoms with Crippen LogP contribution in [0.1, 0.15) is 25.6 Å². The Balaban J connectivity index is 2.49. The molecular weight excluding hydrogens is 300 g/mol. The number of anilines is 1. The molecule has 0 fully saturated rings. The summed E-state index contributed by atoms with van der Waals surface area (Å²) in [5, 5.41) is 8.67.